The lowest BCUT2D eigenvalue weighted by atomic mass is 10.3. The van der Waals surface area contributed by atoms with Crippen LogP contribution >= 0.6 is 11.3 Å². The molecule has 1 aromatic rings. The van der Waals surface area contributed by atoms with Gasteiger partial charge in [0.15, 0.2) is 5.06 Å². The molecule has 0 aliphatic carbocycles. The average molecular weight is 222 g/mol. The van der Waals surface area contributed by atoms with E-state index in [0.29, 0.717) is 0 Å². The van der Waals surface area contributed by atoms with Crippen molar-refractivity contribution in [1.29, 1.82) is 0 Å². The predicted octanol–water partition coefficient (Wildman–Crippen LogP) is 4.70. The third-order valence-corrected chi connectivity index (χ3v) is 2.87. The summed E-state index contributed by atoms with van der Waals surface area (Å²) in [5.74, 6) is 1.02. The predicted molar refractivity (Wildman–Crippen MR) is 67.5 cm³/mol. The van der Waals surface area contributed by atoms with Gasteiger partial charge in [0.25, 0.3) is 0 Å². The molecule has 0 aromatic carbocycles. The van der Waals surface area contributed by atoms with E-state index in [1.807, 2.05) is 19.1 Å². The van der Waals surface area contributed by atoms with Crippen molar-refractivity contribution in [2.75, 3.05) is 0 Å². The van der Waals surface area contributed by atoms with Gasteiger partial charge < -0.3 is 4.74 Å². The molecule has 15 heavy (non-hydrogen) atoms. The molecule has 0 N–H and O–H groups in total. The van der Waals surface area contributed by atoms with Crippen LogP contribution < -0.4 is 4.74 Å². The van der Waals surface area contributed by atoms with Crippen molar-refractivity contribution in [3.05, 3.63) is 41.0 Å². The molecule has 0 radical (unpaired) electrons. The quantitative estimate of drug-likeness (QED) is 0.518. The van der Waals surface area contributed by atoms with E-state index in [9.17, 15) is 0 Å². The minimum atomic E-state index is 0.876. The van der Waals surface area contributed by atoms with Gasteiger partial charge in [-0.15, -0.1) is 11.3 Å². The first-order valence-corrected chi connectivity index (χ1v) is 6.12. The van der Waals surface area contributed by atoms with Crippen LogP contribution in [-0.4, -0.2) is 0 Å². The molecule has 0 bridgehead atoms. The Morgan fingerprint density at radius 1 is 1.40 bits per heavy atom. The molecule has 0 atom stereocenters. The highest BCUT2D eigenvalue weighted by Gasteiger charge is 2.00. The fourth-order valence-electron chi connectivity index (χ4n) is 1.18. The van der Waals surface area contributed by atoms with Gasteiger partial charge in [0, 0.05) is 11.3 Å². The second-order valence-electron chi connectivity index (χ2n) is 3.31. The largest absolute Gasteiger partial charge is 0.451 e. The number of ether oxygens (including phenoxy) is 1. The van der Waals surface area contributed by atoms with Crippen LogP contribution in [0.2, 0.25) is 0 Å². The highest BCUT2D eigenvalue weighted by atomic mass is 32.1. The monoisotopic (exact) mass is 222 g/mol. The number of allylic oxidation sites excluding steroid dienone is 3. The zero-order chi connectivity index (χ0) is 11.1. The molecule has 1 aromatic heterocycles. The van der Waals surface area contributed by atoms with Crippen LogP contribution in [0.3, 0.4) is 0 Å². The summed E-state index contributed by atoms with van der Waals surface area (Å²) in [4.78, 5) is 1.28. The van der Waals surface area contributed by atoms with Gasteiger partial charge in [0.2, 0.25) is 0 Å². The molecule has 0 saturated carbocycles. The number of rotatable bonds is 5. The third-order valence-electron chi connectivity index (χ3n) is 1.99. The Morgan fingerprint density at radius 2 is 2.20 bits per heavy atom. The number of thiophene rings is 1. The van der Waals surface area contributed by atoms with Gasteiger partial charge in [0.1, 0.15) is 5.76 Å². The SMILES string of the molecule is C/C=C(\C/C=C\CC)Oc1ccc(C)s1. The maximum Gasteiger partial charge on any atom is 0.180 e. The molecule has 1 rings (SSSR count). The maximum atomic E-state index is 5.76. The van der Waals surface area contributed by atoms with Crippen LogP contribution in [-0.2, 0) is 0 Å². The van der Waals surface area contributed by atoms with Gasteiger partial charge in [0.05, 0.1) is 0 Å². The summed E-state index contributed by atoms with van der Waals surface area (Å²) >= 11 is 1.68. The van der Waals surface area contributed by atoms with Crippen LogP contribution in [0.5, 0.6) is 5.06 Å². The first kappa shape index (κ1) is 12.1. The molecule has 0 amide bonds. The van der Waals surface area contributed by atoms with Gasteiger partial charge in [-0.1, -0.05) is 19.1 Å². The highest BCUT2D eigenvalue weighted by Crippen LogP contribution is 2.26. The van der Waals surface area contributed by atoms with Crippen LogP contribution in [0.15, 0.2) is 36.1 Å². The van der Waals surface area contributed by atoms with Crippen molar-refractivity contribution in [2.45, 2.75) is 33.6 Å². The molecule has 0 fully saturated rings. The summed E-state index contributed by atoms with van der Waals surface area (Å²) < 4.78 is 5.76. The zero-order valence-electron chi connectivity index (χ0n) is 9.62. The van der Waals surface area contributed by atoms with Crippen molar-refractivity contribution < 1.29 is 4.74 Å². The van der Waals surface area contributed by atoms with E-state index in [-0.39, 0.29) is 0 Å². The lowest BCUT2D eigenvalue weighted by Crippen LogP contribution is -1.91. The van der Waals surface area contributed by atoms with Gasteiger partial charge in [-0.05, 0) is 38.5 Å². The Morgan fingerprint density at radius 3 is 2.73 bits per heavy atom. The summed E-state index contributed by atoms with van der Waals surface area (Å²) in [6, 6.07) is 4.10. The van der Waals surface area contributed by atoms with E-state index >= 15 is 0 Å². The fraction of sp³-hybridized carbons (Fsp3) is 0.385. The first-order chi connectivity index (χ1) is 7.26. The van der Waals surface area contributed by atoms with E-state index in [2.05, 4.69) is 32.1 Å². The minimum absolute atomic E-state index is 0.876. The summed E-state index contributed by atoms with van der Waals surface area (Å²) in [6.07, 6.45) is 8.29. The first-order valence-electron chi connectivity index (χ1n) is 5.30. The molecule has 1 heterocycles. The van der Waals surface area contributed by atoms with Gasteiger partial charge in [-0.2, -0.15) is 0 Å². The summed E-state index contributed by atoms with van der Waals surface area (Å²) in [5, 5.41) is 0.977. The van der Waals surface area contributed by atoms with Crippen LogP contribution in [0.1, 0.15) is 31.6 Å². The topological polar surface area (TPSA) is 9.23 Å². The van der Waals surface area contributed by atoms with E-state index in [0.717, 1.165) is 23.7 Å². The minimum Gasteiger partial charge on any atom is -0.451 e. The van der Waals surface area contributed by atoms with E-state index in [1.54, 1.807) is 11.3 Å². The third kappa shape index (κ3) is 4.34. The van der Waals surface area contributed by atoms with E-state index in [4.69, 9.17) is 4.74 Å². The lowest BCUT2D eigenvalue weighted by molar-refractivity contribution is 0.426. The second-order valence-corrected chi connectivity index (χ2v) is 4.56. The smallest absolute Gasteiger partial charge is 0.180 e. The summed E-state index contributed by atoms with van der Waals surface area (Å²) in [6.45, 7) is 6.23. The fourth-order valence-corrected chi connectivity index (χ4v) is 1.92. The Labute approximate surface area is 96.1 Å². The molecular formula is C13H18OS. The Kier molecular flexibility index (Phi) is 5.19. The summed E-state index contributed by atoms with van der Waals surface area (Å²) in [5.41, 5.74) is 0. The zero-order valence-corrected chi connectivity index (χ0v) is 10.4. The second kappa shape index (κ2) is 6.46. The number of hydrogen-bond acceptors (Lipinski definition) is 2. The Bertz CT molecular complexity index is 347. The summed E-state index contributed by atoms with van der Waals surface area (Å²) in [7, 11) is 0. The molecule has 0 aliphatic rings. The standard InChI is InChI=1S/C13H18OS/c1-4-6-7-8-12(5-2)14-13-10-9-11(3)15-13/h5-7,9-10H,4,8H2,1-3H3/b7-6-,12-5+. The Balaban J connectivity index is 2.51. The number of aryl methyl sites for hydroxylation is 1. The number of hydrogen-bond donors (Lipinski definition) is 0. The van der Waals surface area contributed by atoms with Crippen molar-refractivity contribution in [2.24, 2.45) is 0 Å². The van der Waals surface area contributed by atoms with Gasteiger partial charge in [-0.3, -0.25) is 0 Å². The Hall–Kier alpha value is -1.02. The van der Waals surface area contributed by atoms with Crippen molar-refractivity contribution in [3.63, 3.8) is 0 Å². The molecule has 0 unspecified atom stereocenters. The maximum absolute atomic E-state index is 5.76. The van der Waals surface area contributed by atoms with Crippen molar-refractivity contribution in [1.82, 2.24) is 0 Å². The normalized spacial score (nSPS) is 12.3. The van der Waals surface area contributed by atoms with Crippen molar-refractivity contribution in [3.8, 4) is 5.06 Å². The highest BCUT2D eigenvalue weighted by molar-refractivity contribution is 7.13. The van der Waals surface area contributed by atoms with Crippen molar-refractivity contribution >= 4 is 11.3 Å². The molecular weight excluding hydrogens is 204 g/mol. The van der Waals surface area contributed by atoms with Crippen LogP contribution in [0, 0.1) is 6.92 Å². The molecule has 1 nitrogen and oxygen atoms in total. The molecule has 0 aliphatic heterocycles. The molecule has 2 heteroatoms. The van der Waals surface area contributed by atoms with Gasteiger partial charge >= 0.3 is 0 Å². The molecule has 0 saturated heterocycles. The van der Waals surface area contributed by atoms with E-state index < -0.39 is 0 Å². The van der Waals surface area contributed by atoms with Crippen LogP contribution in [0.4, 0.5) is 0 Å². The average Bonchev–Trinajstić information content (AvgIpc) is 2.63. The molecule has 82 valence electrons. The lowest BCUT2D eigenvalue weighted by Gasteiger charge is -2.04. The van der Waals surface area contributed by atoms with Gasteiger partial charge in [-0.25, -0.2) is 0 Å². The molecule has 0 spiro atoms. The van der Waals surface area contributed by atoms with Crippen LogP contribution in [0.25, 0.3) is 0 Å². The van der Waals surface area contributed by atoms with E-state index in [1.165, 1.54) is 4.88 Å².